The second kappa shape index (κ2) is 14.3. The zero-order valence-electron chi connectivity index (χ0n) is 27.0. The Labute approximate surface area is 276 Å². The highest BCUT2D eigenvalue weighted by Gasteiger charge is 2.50. The molecule has 1 heterocycles. The predicted molar refractivity (Wildman–Crippen MR) is 166 cm³/mol. The first kappa shape index (κ1) is 35.4. The Morgan fingerprint density at radius 2 is 1.79 bits per heavy atom. The lowest BCUT2D eigenvalue weighted by Crippen LogP contribution is -2.54. The minimum Gasteiger partial charge on any atom is -0.507 e. The molecule has 2 aromatic rings. The summed E-state index contributed by atoms with van der Waals surface area (Å²) in [5.74, 6) is -4.14. The summed E-state index contributed by atoms with van der Waals surface area (Å²) in [5.41, 5.74) is -3.67. The molecule has 0 saturated carbocycles. The summed E-state index contributed by atoms with van der Waals surface area (Å²) >= 11 is 0. The van der Waals surface area contributed by atoms with Gasteiger partial charge in [-0.05, 0) is 38.8 Å². The first-order chi connectivity index (χ1) is 22.8. The van der Waals surface area contributed by atoms with E-state index in [1.165, 1.54) is 32.2 Å². The number of nitrogens with one attached hydrogen (secondary N) is 1. The van der Waals surface area contributed by atoms with Gasteiger partial charge in [0.1, 0.15) is 29.5 Å². The van der Waals surface area contributed by atoms with Crippen LogP contribution in [0.15, 0.2) is 18.2 Å². The van der Waals surface area contributed by atoms with Gasteiger partial charge in [-0.2, -0.15) is 0 Å². The number of phenols is 2. The number of methoxy groups -OCH3 is 1. The largest absolute Gasteiger partial charge is 0.507 e. The maximum atomic E-state index is 13.8. The number of hydrogen-bond acceptors (Lipinski definition) is 14. The highest BCUT2D eigenvalue weighted by Crippen LogP contribution is 2.52. The molecular formula is C34H41NO13. The number of phenolic OH excluding ortho intramolecular Hbond substituents is 2. The SMILES string of the molecule is COc1cccc2c1C(=O)c1c(O)c3c(c(O)c1C2=O)CC(O)(C(=O)CO)CC3OC1CC(NCCCCCOC(C)=O)C(O)C(C)O1. The number of esters is 1. The van der Waals surface area contributed by atoms with Gasteiger partial charge in [0.25, 0.3) is 0 Å². The van der Waals surface area contributed by atoms with Crippen molar-refractivity contribution in [3.05, 3.63) is 51.6 Å². The second-order valence-corrected chi connectivity index (χ2v) is 12.5. The Bertz CT molecular complexity index is 1610. The van der Waals surface area contributed by atoms with E-state index >= 15 is 0 Å². The van der Waals surface area contributed by atoms with Crippen molar-refractivity contribution >= 4 is 23.3 Å². The van der Waals surface area contributed by atoms with Crippen LogP contribution in [0, 0.1) is 0 Å². The predicted octanol–water partition coefficient (Wildman–Crippen LogP) is 1.37. The number of carbonyl (C=O) groups is 4. The Kier molecular flexibility index (Phi) is 10.5. The summed E-state index contributed by atoms with van der Waals surface area (Å²) in [6, 6.07) is 3.88. The molecule has 6 atom stereocenters. The minimum atomic E-state index is -2.27. The fourth-order valence-corrected chi connectivity index (χ4v) is 6.83. The van der Waals surface area contributed by atoms with Gasteiger partial charge in [-0.15, -0.1) is 0 Å². The second-order valence-electron chi connectivity index (χ2n) is 12.5. The fraction of sp³-hybridized carbons (Fsp3) is 0.529. The topological polar surface area (TPSA) is 218 Å². The number of ketones is 3. The van der Waals surface area contributed by atoms with E-state index in [2.05, 4.69) is 5.32 Å². The van der Waals surface area contributed by atoms with Crippen molar-refractivity contribution in [3.8, 4) is 17.2 Å². The number of unbranched alkanes of at least 4 members (excludes halogenated alkanes) is 2. The summed E-state index contributed by atoms with van der Waals surface area (Å²) in [5, 5.41) is 58.5. The molecule has 14 nitrogen and oxygen atoms in total. The molecule has 14 heteroatoms. The molecule has 0 bridgehead atoms. The smallest absolute Gasteiger partial charge is 0.302 e. The van der Waals surface area contributed by atoms with Crippen LogP contribution in [0.25, 0.3) is 0 Å². The van der Waals surface area contributed by atoms with E-state index in [1.807, 2.05) is 0 Å². The van der Waals surface area contributed by atoms with Gasteiger partial charge < -0.3 is 49.8 Å². The highest BCUT2D eigenvalue weighted by atomic mass is 16.7. The Morgan fingerprint density at radius 3 is 2.48 bits per heavy atom. The standard InChI is InChI=1S/C34H41NO13/c1-16-29(39)20(35-10-5-4-6-11-46-17(2)37)12-24(47-16)48-22-14-34(44,23(38)15-36)13-19-26(22)33(43)28-27(31(19)41)30(40)18-8-7-9-21(45-3)25(18)32(28)42/h7-9,16,20,22,24,29,35-36,39,41,43-44H,4-6,10-15H2,1-3H3. The summed E-state index contributed by atoms with van der Waals surface area (Å²) in [7, 11) is 1.33. The van der Waals surface area contributed by atoms with Crippen LogP contribution in [-0.4, -0.2) is 106 Å². The summed E-state index contributed by atoms with van der Waals surface area (Å²) in [6.07, 6.45) is -2.81. The summed E-state index contributed by atoms with van der Waals surface area (Å²) in [4.78, 5) is 51.3. The van der Waals surface area contributed by atoms with E-state index in [4.69, 9.17) is 18.9 Å². The lowest BCUT2D eigenvalue weighted by molar-refractivity contribution is -0.249. The number of aromatic hydroxyl groups is 2. The number of aliphatic hydroxyl groups excluding tert-OH is 2. The molecule has 5 rings (SSSR count). The molecule has 3 aliphatic rings. The quantitative estimate of drug-likeness (QED) is 0.0911. The van der Waals surface area contributed by atoms with Crippen molar-refractivity contribution in [2.24, 2.45) is 0 Å². The van der Waals surface area contributed by atoms with E-state index in [0.29, 0.717) is 19.6 Å². The first-order valence-electron chi connectivity index (χ1n) is 15.9. The number of hydrogen-bond donors (Lipinski definition) is 6. The average Bonchev–Trinajstić information content (AvgIpc) is 3.05. The van der Waals surface area contributed by atoms with E-state index < -0.39 is 95.7 Å². The summed E-state index contributed by atoms with van der Waals surface area (Å²) < 4.78 is 22.4. The molecule has 1 saturated heterocycles. The fourth-order valence-electron chi connectivity index (χ4n) is 6.83. The molecular weight excluding hydrogens is 630 g/mol. The Morgan fingerprint density at radius 1 is 1.06 bits per heavy atom. The van der Waals surface area contributed by atoms with Crippen LogP contribution in [0.1, 0.15) is 95.0 Å². The molecule has 0 aromatic heterocycles. The average molecular weight is 672 g/mol. The Balaban J connectivity index is 1.46. The monoisotopic (exact) mass is 671 g/mol. The molecule has 6 N–H and O–H groups in total. The van der Waals surface area contributed by atoms with Gasteiger partial charge in [-0.3, -0.25) is 19.2 Å². The van der Waals surface area contributed by atoms with Crippen molar-refractivity contribution in [1.82, 2.24) is 5.32 Å². The zero-order valence-corrected chi connectivity index (χ0v) is 27.0. The molecule has 260 valence electrons. The van der Waals surface area contributed by atoms with Crippen molar-refractivity contribution < 1.29 is 63.7 Å². The van der Waals surface area contributed by atoms with Crippen molar-refractivity contribution in [3.63, 3.8) is 0 Å². The maximum Gasteiger partial charge on any atom is 0.302 e. The molecule has 2 aliphatic carbocycles. The maximum absolute atomic E-state index is 13.8. The molecule has 1 aliphatic heterocycles. The molecule has 6 unspecified atom stereocenters. The number of Topliss-reactive ketones (excluding diaryl/α,β-unsaturated/α-hetero) is 1. The molecule has 1 fully saturated rings. The van der Waals surface area contributed by atoms with E-state index in [-0.39, 0.29) is 40.4 Å². The number of carbonyl (C=O) groups excluding carboxylic acids is 4. The lowest BCUT2D eigenvalue weighted by atomic mass is 9.72. The first-order valence-corrected chi connectivity index (χ1v) is 15.9. The van der Waals surface area contributed by atoms with Gasteiger partial charge in [-0.25, -0.2) is 0 Å². The number of aliphatic hydroxyl groups is 3. The molecule has 0 amide bonds. The minimum absolute atomic E-state index is 0.0575. The zero-order chi connectivity index (χ0) is 34.9. The van der Waals surface area contributed by atoms with E-state index in [9.17, 15) is 44.7 Å². The van der Waals surface area contributed by atoms with Crippen molar-refractivity contribution in [2.45, 2.75) is 88.6 Å². The van der Waals surface area contributed by atoms with E-state index in [1.54, 1.807) is 6.92 Å². The van der Waals surface area contributed by atoms with Gasteiger partial charge in [0, 0.05) is 48.9 Å². The Hall–Kier alpha value is -3.92. The van der Waals surface area contributed by atoms with Crippen LogP contribution in [0.2, 0.25) is 0 Å². The van der Waals surface area contributed by atoms with Crippen LogP contribution in [-0.2, 0) is 30.2 Å². The highest BCUT2D eigenvalue weighted by molar-refractivity contribution is 6.31. The third-order valence-electron chi connectivity index (χ3n) is 9.29. The third-order valence-corrected chi connectivity index (χ3v) is 9.29. The van der Waals surface area contributed by atoms with Crippen LogP contribution in [0.5, 0.6) is 17.2 Å². The van der Waals surface area contributed by atoms with Crippen molar-refractivity contribution in [1.29, 1.82) is 0 Å². The van der Waals surface area contributed by atoms with Crippen molar-refractivity contribution in [2.75, 3.05) is 26.9 Å². The normalized spacial score (nSPS) is 26.3. The van der Waals surface area contributed by atoms with Gasteiger partial charge >= 0.3 is 5.97 Å². The molecule has 48 heavy (non-hydrogen) atoms. The van der Waals surface area contributed by atoms with Crippen LogP contribution in [0.4, 0.5) is 0 Å². The van der Waals surface area contributed by atoms with Gasteiger partial charge in [0.2, 0.25) is 5.78 Å². The molecule has 0 spiro atoms. The number of benzene rings is 2. The van der Waals surface area contributed by atoms with Gasteiger partial charge in [0.15, 0.2) is 17.9 Å². The number of rotatable bonds is 12. The van der Waals surface area contributed by atoms with Gasteiger partial charge in [-0.1, -0.05) is 12.1 Å². The van der Waals surface area contributed by atoms with Crippen LogP contribution in [0.3, 0.4) is 0 Å². The number of fused-ring (bicyclic) bond motifs is 3. The molecule has 2 aromatic carbocycles. The van der Waals surface area contributed by atoms with Gasteiger partial charge in [0.05, 0.1) is 48.7 Å². The molecule has 0 radical (unpaired) electrons. The number of ether oxygens (including phenoxy) is 4. The van der Waals surface area contributed by atoms with Crippen LogP contribution < -0.4 is 10.1 Å². The lowest BCUT2D eigenvalue weighted by Gasteiger charge is -2.43. The third kappa shape index (κ3) is 6.56. The summed E-state index contributed by atoms with van der Waals surface area (Å²) in [6.45, 7) is 2.81. The van der Waals surface area contributed by atoms with Crippen LogP contribution >= 0.6 is 0 Å². The van der Waals surface area contributed by atoms with E-state index in [0.717, 1.165) is 12.8 Å².